The van der Waals surface area contributed by atoms with E-state index in [2.05, 4.69) is 19.9 Å². The smallest absolute Gasteiger partial charge is 0.216 e. The molecule has 0 N–H and O–H groups in total. The summed E-state index contributed by atoms with van der Waals surface area (Å²) in [5.74, 6) is -13.3. The van der Waals surface area contributed by atoms with Crippen molar-refractivity contribution in [1.82, 2.24) is 19.9 Å². The molecular weight excluding hydrogens is 1670 g/mol. The van der Waals surface area contributed by atoms with Crippen molar-refractivity contribution >= 4 is 87.9 Å². The van der Waals surface area contributed by atoms with Crippen LogP contribution in [0.2, 0.25) is 0 Å². The molecule has 4 aliphatic rings. The molecule has 8 aromatic carbocycles. The Morgan fingerprint density at radius 1 is 0.294 bits per heavy atom. The fraction of sp³-hybridized carbons (Fsp3) is 0.290. The summed E-state index contributed by atoms with van der Waals surface area (Å²) in [5, 5.41) is 3.37. The van der Waals surface area contributed by atoms with Gasteiger partial charge in [0.15, 0.2) is 36.0 Å². The van der Waals surface area contributed by atoms with Crippen molar-refractivity contribution in [3.63, 3.8) is 0 Å². The van der Waals surface area contributed by atoms with Gasteiger partial charge in [0.05, 0.1) is 33.6 Å². The molecule has 0 spiro atoms. The zero-order chi connectivity index (χ0) is 147. The van der Waals surface area contributed by atoms with Crippen LogP contribution in [0.25, 0.3) is 178 Å². The van der Waals surface area contributed by atoms with E-state index in [0.29, 0.717) is 127 Å². The van der Waals surface area contributed by atoms with Crippen LogP contribution in [0.3, 0.4) is 0 Å². The maximum absolute atomic E-state index is 8.90. The fourth-order valence-electron chi connectivity index (χ4n) is 20.3. The van der Waals surface area contributed by atoms with Crippen molar-refractivity contribution in [3.05, 3.63) is 331 Å². The van der Waals surface area contributed by atoms with Crippen LogP contribution < -0.4 is 18.3 Å². The average Bonchev–Trinajstić information content (AvgIpc) is 1.51. The van der Waals surface area contributed by atoms with Gasteiger partial charge in [0.2, 0.25) is 22.8 Å². The number of aryl methyl sites for hydroxylation is 12. The molecule has 136 heavy (non-hydrogen) atoms. The van der Waals surface area contributed by atoms with E-state index in [1.165, 1.54) is 101 Å². The summed E-state index contributed by atoms with van der Waals surface area (Å²) in [4.78, 5) is 17.8. The molecule has 1 atom stereocenters. The van der Waals surface area contributed by atoms with E-state index >= 15 is 0 Å². The second-order valence-corrected chi connectivity index (χ2v) is 35.3. The standard InChI is InChI=1S/4C31H31N2O/c1-17(2)22-14-26(33(7)16-19(22)4)27-18(3)8-9-20-21-10-11-25-28(30(21)34-29(20)27)23-15-32-13-12-24(23)31(25,5)6;1-17(2)22-15-25(33(7)16-19(22)4)26-18(3)10-11-20-21-12-13-23-27(30(21)34-29(20)26)28-24(31(23,5)6)9-8-14-32-28;1-17(2)22-14-25(33(7)16-19(22)4)26-18(3)12-13-20-23-15-32-30-27(29(23)34-28(20)26)21-10-8-9-11-24(21)31(30,5)6;1-17(2)22-14-25(33(7)16-19(22)4)26-18(3)12-13-21-28-30(34-29(21)26)27-20-10-8-9-11-23(20)31(5,6)24(27)15-32-28/h4*8-17H,1-7H3/q4*+1/i3*1D3,2D3,4D3,5D3,6D3,17D;1D3,2D3,4D3,5D3,17D. The number of hydrogen-bond donors (Lipinski definition) is 0. The maximum atomic E-state index is 8.90. The minimum Gasteiger partial charge on any atom is -0.454 e. The number of pyridine rings is 8. The minimum atomic E-state index is -3.48. The number of nitrogens with zero attached hydrogens (tertiary/aromatic N) is 8. The minimum absolute atomic E-state index is 0.00299. The maximum Gasteiger partial charge on any atom is 0.216 e. The van der Waals surface area contributed by atoms with Gasteiger partial charge < -0.3 is 17.7 Å². The second kappa shape index (κ2) is 31.9. The van der Waals surface area contributed by atoms with Crippen molar-refractivity contribution < 1.29 is 120 Å². The van der Waals surface area contributed by atoms with E-state index < -0.39 is 220 Å². The lowest BCUT2D eigenvalue weighted by Gasteiger charge is -2.20. The highest BCUT2D eigenvalue weighted by atomic mass is 16.3. The lowest BCUT2D eigenvalue weighted by molar-refractivity contribution is -0.660. The van der Waals surface area contributed by atoms with Crippen LogP contribution in [0, 0.1) is 55.1 Å². The first-order valence-electron chi connectivity index (χ1n) is 73.6. The van der Waals surface area contributed by atoms with Crippen molar-refractivity contribution in [2.45, 2.75) is 210 Å². The highest BCUT2D eigenvalue weighted by Gasteiger charge is 2.45. The monoisotopic (exact) mass is 1850 g/mol. The van der Waals surface area contributed by atoms with Gasteiger partial charge in [-0.25, -0.2) is 18.3 Å². The molecule has 680 valence electrons. The topological polar surface area (TPSA) is 120 Å². The van der Waals surface area contributed by atoms with E-state index in [1.807, 2.05) is 12.1 Å². The molecule has 0 aliphatic heterocycles. The van der Waals surface area contributed by atoms with Gasteiger partial charge in [-0.3, -0.25) is 19.9 Å². The summed E-state index contributed by atoms with van der Waals surface area (Å²) in [7, 11) is 6.01. The Bertz CT molecular complexity index is 10300. The Morgan fingerprint density at radius 3 is 1.12 bits per heavy atom. The molecule has 12 heterocycles. The van der Waals surface area contributed by atoms with E-state index in [0.717, 1.165) is 49.1 Å². The molecule has 0 bridgehead atoms. The molecule has 12 aromatic heterocycles. The lowest BCUT2D eigenvalue weighted by Crippen LogP contribution is -2.32. The number of furan rings is 4. The zero-order valence-electron chi connectivity index (χ0n) is 135. The lowest BCUT2D eigenvalue weighted by atomic mass is 9.82. The largest absolute Gasteiger partial charge is 0.454 e. The molecule has 0 amide bonds. The third-order valence-electron chi connectivity index (χ3n) is 27.0. The Balaban J connectivity index is 0.000000145. The Labute approximate surface area is 884 Å². The van der Waals surface area contributed by atoms with E-state index in [1.54, 1.807) is 139 Å². The van der Waals surface area contributed by atoms with Gasteiger partial charge in [-0.2, -0.15) is 0 Å². The third kappa shape index (κ3) is 13.3. The van der Waals surface area contributed by atoms with Crippen molar-refractivity contribution in [3.8, 4) is 89.7 Å². The van der Waals surface area contributed by atoms with Gasteiger partial charge in [-0.1, -0.05) is 231 Å². The van der Waals surface area contributed by atoms with Crippen LogP contribution in [-0.4, -0.2) is 19.9 Å². The molecule has 0 saturated carbocycles. The first-order chi connectivity index (χ1) is 89.6. The second-order valence-electron chi connectivity index (χ2n) is 35.3. The van der Waals surface area contributed by atoms with Crippen molar-refractivity contribution in [1.29, 1.82) is 0 Å². The van der Waals surface area contributed by atoms with Crippen LogP contribution in [-0.2, 0) is 49.9 Å². The molecule has 0 saturated heterocycles. The van der Waals surface area contributed by atoms with Crippen LogP contribution in [0.1, 0.15) is 328 Å². The highest BCUT2D eigenvalue weighted by molar-refractivity contribution is 6.18. The van der Waals surface area contributed by atoms with Gasteiger partial charge in [0.25, 0.3) is 0 Å². The van der Waals surface area contributed by atoms with Gasteiger partial charge in [-0.05, 0) is 191 Å². The van der Waals surface area contributed by atoms with Crippen molar-refractivity contribution in [2.24, 2.45) is 28.2 Å². The summed E-state index contributed by atoms with van der Waals surface area (Å²) in [6.07, 6.45) is 11.5. The molecule has 12 heteroatoms. The zero-order valence-corrected chi connectivity index (χ0v) is 74.5. The summed E-state index contributed by atoms with van der Waals surface area (Å²) in [5.41, 5.74) is -4.11. The summed E-state index contributed by atoms with van der Waals surface area (Å²) >= 11 is 0. The average molecular weight is 1850 g/mol. The van der Waals surface area contributed by atoms with Crippen molar-refractivity contribution in [2.75, 3.05) is 0 Å². The number of rotatable bonds is 8. The normalized spacial score (nSPS) is 23.6. The SMILES string of the molecule is [2H]C([2H])([2H])c1c[n+](C)c(-c2c(C)ccc3c2oc2c4c(ccc23)C(C([2H])([2H])[2H])(C([2H])([2H])[2H])c2cccnc2-4)cc1C([2H])(C([2H])([2H])[2H])C([2H])([2H])[2H].[2H]C([2H])([2H])c1c[n+](C)c(-c2c(C)ccc3c2oc2c4c(ccc23)C(C([2H])([2H])[2H])(C([2H])([2H])[2H])c2ccncc2-4)cc1C([2H])(C([2H])([2H])[2H])C([2H])([2H])[2H].[2H]C([2H])([2H])c1c[n+](C)c(-c2c(C)ccc3c2oc2c4c(cnc23)C(C)(C([2H])([2H])[2H])c2ccccc2-4)cc1C([2H])(C([2H])([2H])[2H])C([2H])([2H])[2H].[2H]C([2H])([2H])c1c[n+](C)c(-c2c(C)ccc3c2oc2c4c(ncc23)C(C([2H])([2H])[2H])(C([2H])([2H])[2H])c2ccccc2-4)cc1C([2H])(C([2H])([2H])[2H])C([2H])([2H])[2H]. The number of fused-ring (bicyclic) bond motifs is 28. The molecule has 4 aliphatic carbocycles. The Morgan fingerprint density at radius 2 is 0.662 bits per heavy atom. The van der Waals surface area contributed by atoms with Crippen LogP contribution in [0.15, 0.2) is 237 Å². The van der Waals surface area contributed by atoms with Gasteiger partial charge in [-0.15, -0.1) is 0 Å². The summed E-state index contributed by atoms with van der Waals surface area (Å²) in [6.45, 7) is -51.8. The van der Waals surface area contributed by atoms with Crippen LogP contribution in [0.4, 0.5) is 0 Å². The van der Waals surface area contributed by atoms with E-state index in [9.17, 15) is 0 Å². The van der Waals surface area contributed by atoms with Gasteiger partial charge in [0.1, 0.15) is 67.2 Å². The molecule has 12 nitrogen and oxygen atoms in total. The molecule has 0 fully saturated rings. The van der Waals surface area contributed by atoms with Gasteiger partial charge in [0, 0.05) is 248 Å². The first kappa shape index (κ1) is 43.4. The van der Waals surface area contributed by atoms with Crippen LogP contribution >= 0.6 is 0 Å². The summed E-state index contributed by atoms with van der Waals surface area (Å²) in [6, 6.07) is 42.2. The third-order valence-corrected chi connectivity index (χ3v) is 27.0. The summed E-state index contributed by atoms with van der Waals surface area (Å²) < 4.78 is 538. The number of aromatic nitrogens is 8. The quantitative estimate of drug-likeness (QED) is 0.138. The van der Waals surface area contributed by atoms with Gasteiger partial charge >= 0.3 is 0 Å². The van der Waals surface area contributed by atoms with E-state index in [4.69, 9.17) is 101 Å². The molecule has 20 aromatic rings. The first-order valence-corrected chi connectivity index (χ1v) is 43.1. The highest BCUT2D eigenvalue weighted by Crippen LogP contribution is 2.58. The van der Waals surface area contributed by atoms with Crippen LogP contribution in [0.5, 0.6) is 0 Å². The fourth-order valence-corrected chi connectivity index (χ4v) is 20.3. The molecule has 1 unspecified atom stereocenters. The predicted octanol–water partition coefficient (Wildman–Crippen LogP) is 30.1. The molecular formula is C124H124N8O4+4. The molecule has 24 rings (SSSR count). The number of hydrogen-bond acceptors (Lipinski definition) is 8. The number of benzene rings is 8. The Kier molecular flexibility index (Phi) is 10.2. The van der Waals surface area contributed by atoms with E-state index in [-0.39, 0.29) is 118 Å². The predicted molar refractivity (Wildman–Crippen MR) is 557 cm³/mol. The Hall–Kier alpha value is -13.8. The molecule has 0 radical (unpaired) electrons.